The number of aromatic nitrogens is 4. The summed E-state index contributed by atoms with van der Waals surface area (Å²) in [6.07, 6.45) is 3.94. The summed E-state index contributed by atoms with van der Waals surface area (Å²) >= 11 is 0. The maximum Gasteiger partial charge on any atom is 0.274 e. The van der Waals surface area contributed by atoms with Gasteiger partial charge >= 0.3 is 0 Å². The summed E-state index contributed by atoms with van der Waals surface area (Å²) in [5.74, 6) is 0.699. The minimum Gasteiger partial charge on any atom is -0.337 e. The smallest absolute Gasteiger partial charge is 0.274 e. The Morgan fingerprint density at radius 3 is 2.86 bits per heavy atom. The Kier molecular flexibility index (Phi) is 4.00. The van der Waals surface area contributed by atoms with Crippen molar-refractivity contribution in [2.75, 3.05) is 13.1 Å². The molecule has 1 amide bonds. The number of likely N-dealkylation sites (tertiary alicyclic amines) is 1. The van der Waals surface area contributed by atoms with Crippen LogP contribution in [0.4, 0.5) is 0 Å². The summed E-state index contributed by atoms with van der Waals surface area (Å²) < 4.78 is 0. The van der Waals surface area contributed by atoms with Gasteiger partial charge in [0.25, 0.3) is 5.91 Å². The second kappa shape index (κ2) is 5.94. The zero-order valence-electron chi connectivity index (χ0n) is 13.4. The minimum atomic E-state index is 0.0185. The van der Waals surface area contributed by atoms with Crippen molar-refractivity contribution in [3.63, 3.8) is 0 Å². The van der Waals surface area contributed by atoms with E-state index in [1.54, 1.807) is 0 Å². The lowest BCUT2D eigenvalue weighted by Crippen LogP contribution is -2.39. The molecule has 1 aliphatic rings. The molecule has 118 valence electrons. The van der Waals surface area contributed by atoms with Crippen LogP contribution in [0.5, 0.6) is 0 Å². The monoisotopic (exact) mass is 301 g/mol. The predicted octanol–water partition coefficient (Wildman–Crippen LogP) is 2.58. The highest BCUT2D eigenvalue weighted by Gasteiger charge is 2.28. The first-order valence-electron chi connectivity index (χ1n) is 7.90. The number of piperidine rings is 1. The SMILES string of the molecule is Cc1cn[nH]c1C1CCCN(C(=O)c2cc(C(C)C)[nH]n2)C1. The summed E-state index contributed by atoms with van der Waals surface area (Å²) in [6.45, 7) is 7.75. The number of hydrogen-bond acceptors (Lipinski definition) is 3. The molecule has 1 unspecified atom stereocenters. The second-order valence-corrected chi connectivity index (χ2v) is 6.42. The van der Waals surface area contributed by atoms with Crippen molar-refractivity contribution in [1.82, 2.24) is 25.3 Å². The van der Waals surface area contributed by atoms with E-state index in [0.29, 0.717) is 17.5 Å². The first kappa shape index (κ1) is 14.8. The van der Waals surface area contributed by atoms with E-state index in [1.165, 1.54) is 5.56 Å². The van der Waals surface area contributed by atoms with Crippen LogP contribution in [0.3, 0.4) is 0 Å². The molecule has 1 atom stereocenters. The van der Waals surface area contributed by atoms with E-state index in [1.807, 2.05) is 17.2 Å². The number of H-pyrrole nitrogens is 2. The van der Waals surface area contributed by atoms with Crippen LogP contribution in [0.1, 0.15) is 66.0 Å². The van der Waals surface area contributed by atoms with Gasteiger partial charge in [-0.3, -0.25) is 15.0 Å². The molecule has 0 radical (unpaired) electrons. The van der Waals surface area contributed by atoms with Crippen molar-refractivity contribution in [1.29, 1.82) is 0 Å². The van der Waals surface area contributed by atoms with E-state index >= 15 is 0 Å². The van der Waals surface area contributed by atoms with Crippen LogP contribution in [-0.4, -0.2) is 44.3 Å². The van der Waals surface area contributed by atoms with Gasteiger partial charge in [0.1, 0.15) is 5.69 Å². The number of aromatic amines is 2. The summed E-state index contributed by atoms with van der Waals surface area (Å²) in [5.41, 5.74) is 3.84. The molecule has 0 spiro atoms. The minimum absolute atomic E-state index is 0.0185. The highest BCUT2D eigenvalue weighted by atomic mass is 16.2. The third-order valence-corrected chi connectivity index (χ3v) is 4.42. The van der Waals surface area contributed by atoms with Gasteiger partial charge in [0, 0.05) is 30.4 Å². The van der Waals surface area contributed by atoms with Gasteiger partial charge in [0.15, 0.2) is 0 Å². The molecule has 2 N–H and O–H groups in total. The summed E-state index contributed by atoms with van der Waals surface area (Å²) in [5, 5.41) is 14.3. The number of nitrogens with zero attached hydrogens (tertiary/aromatic N) is 3. The first-order valence-corrected chi connectivity index (χ1v) is 7.90. The molecule has 1 saturated heterocycles. The number of aryl methyl sites for hydroxylation is 1. The average molecular weight is 301 g/mol. The third kappa shape index (κ3) is 2.77. The number of carbonyl (C=O) groups is 1. The van der Waals surface area contributed by atoms with Crippen LogP contribution in [0.2, 0.25) is 0 Å². The maximum atomic E-state index is 12.7. The molecule has 3 heterocycles. The number of hydrogen-bond donors (Lipinski definition) is 2. The standard InChI is InChI=1S/C16H23N5O/c1-10(2)13-7-14(19-18-13)16(22)21-6-4-5-12(9-21)15-11(3)8-17-20-15/h7-8,10,12H,4-6,9H2,1-3H3,(H,17,20)(H,18,19). The van der Waals surface area contributed by atoms with E-state index in [-0.39, 0.29) is 5.91 Å². The quantitative estimate of drug-likeness (QED) is 0.914. The van der Waals surface area contributed by atoms with Crippen LogP contribution in [-0.2, 0) is 0 Å². The van der Waals surface area contributed by atoms with E-state index in [2.05, 4.69) is 41.2 Å². The summed E-state index contributed by atoms with van der Waals surface area (Å²) in [4.78, 5) is 14.6. The molecule has 1 fully saturated rings. The molecule has 0 aromatic carbocycles. The Hall–Kier alpha value is -2.11. The molecule has 2 aromatic rings. The molecule has 6 heteroatoms. The maximum absolute atomic E-state index is 12.7. The Balaban J connectivity index is 1.73. The van der Waals surface area contributed by atoms with Crippen LogP contribution < -0.4 is 0 Å². The van der Waals surface area contributed by atoms with Crippen molar-refractivity contribution >= 4 is 5.91 Å². The molecule has 1 aliphatic heterocycles. The molecule has 6 nitrogen and oxygen atoms in total. The van der Waals surface area contributed by atoms with E-state index in [0.717, 1.165) is 37.3 Å². The van der Waals surface area contributed by atoms with Crippen molar-refractivity contribution in [2.45, 2.75) is 45.4 Å². The molecular weight excluding hydrogens is 278 g/mol. The Morgan fingerprint density at radius 1 is 1.41 bits per heavy atom. The molecule has 0 bridgehead atoms. The highest BCUT2D eigenvalue weighted by Crippen LogP contribution is 2.28. The van der Waals surface area contributed by atoms with E-state index in [9.17, 15) is 4.79 Å². The molecule has 0 saturated carbocycles. The van der Waals surface area contributed by atoms with Crippen molar-refractivity contribution < 1.29 is 4.79 Å². The highest BCUT2D eigenvalue weighted by molar-refractivity contribution is 5.92. The zero-order chi connectivity index (χ0) is 15.7. The predicted molar refractivity (Wildman–Crippen MR) is 83.9 cm³/mol. The average Bonchev–Trinajstić information content (AvgIpc) is 3.15. The second-order valence-electron chi connectivity index (χ2n) is 6.42. The first-order chi connectivity index (χ1) is 10.6. The van der Waals surface area contributed by atoms with Crippen LogP contribution in [0.15, 0.2) is 12.3 Å². The van der Waals surface area contributed by atoms with E-state index < -0.39 is 0 Å². The molecule has 3 rings (SSSR count). The van der Waals surface area contributed by atoms with Gasteiger partial charge in [-0.2, -0.15) is 10.2 Å². The van der Waals surface area contributed by atoms with Gasteiger partial charge < -0.3 is 4.90 Å². The van der Waals surface area contributed by atoms with Crippen LogP contribution >= 0.6 is 0 Å². The number of rotatable bonds is 3. The largest absolute Gasteiger partial charge is 0.337 e. The fourth-order valence-corrected chi connectivity index (χ4v) is 3.07. The topological polar surface area (TPSA) is 77.7 Å². The fraction of sp³-hybridized carbons (Fsp3) is 0.562. The van der Waals surface area contributed by atoms with Crippen molar-refractivity contribution in [3.05, 3.63) is 34.9 Å². The number of carbonyl (C=O) groups excluding carboxylic acids is 1. The third-order valence-electron chi connectivity index (χ3n) is 4.42. The summed E-state index contributed by atoms with van der Waals surface area (Å²) in [7, 11) is 0. The summed E-state index contributed by atoms with van der Waals surface area (Å²) in [6, 6.07) is 1.87. The lowest BCUT2D eigenvalue weighted by atomic mass is 9.93. The number of nitrogens with one attached hydrogen (secondary N) is 2. The van der Waals surface area contributed by atoms with Crippen LogP contribution in [0.25, 0.3) is 0 Å². The lowest BCUT2D eigenvalue weighted by molar-refractivity contribution is 0.0699. The normalized spacial score (nSPS) is 18.9. The zero-order valence-corrected chi connectivity index (χ0v) is 13.4. The number of amides is 1. The van der Waals surface area contributed by atoms with E-state index in [4.69, 9.17) is 0 Å². The van der Waals surface area contributed by atoms with Gasteiger partial charge in [0.05, 0.1) is 6.20 Å². The Labute approximate surface area is 130 Å². The van der Waals surface area contributed by atoms with Crippen molar-refractivity contribution in [3.8, 4) is 0 Å². The Morgan fingerprint density at radius 2 is 2.23 bits per heavy atom. The van der Waals surface area contributed by atoms with Gasteiger partial charge in [-0.05, 0) is 37.3 Å². The van der Waals surface area contributed by atoms with Gasteiger partial charge in [-0.25, -0.2) is 0 Å². The molecule has 22 heavy (non-hydrogen) atoms. The van der Waals surface area contributed by atoms with Gasteiger partial charge in [-0.1, -0.05) is 13.8 Å². The molecular formula is C16H23N5O. The molecule has 2 aromatic heterocycles. The fourth-order valence-electron chi connectivity index (χ4n) is 3.07. The molecule has 0 aliphatic carbocycles. The van der Waals surface area contributed by atoms with Gasteiger partial charge in [0.2, 0.25) is 0 Å². The van der Waals surface area contributed by atoms with Crippen LogP contribution in [0, 0.1) is 6.92 Å². The van der Waals surface area contributed by atoms with Gasteiger partial charge in [-0.15, -0.1) is 0 Å². The Bertz CT molecular complexity index is 657. The van der Waals surface area contributed by atoms with Crippen molar-refractivity contribution in [2.24, 2.45) is 0 Å². The lowest BCUT2D eigenvalue weighted by Gasteiger charge is -2.32.